The predicted molar refractivity (Wildman–Crippen MR) is 122 cm³/mol. The second-order valence-corrected chi connectivity index (χ2v) is 9.65. The molecule has 0 radical (unpaired) electrons. The number of ether oxygens (including phenoxy) is 3. The fourth-order valence-corrected chi connectivity index (χ4v) is 4.98. The summed E-state index contributed by atoms with van der Waals surface area (Å²) in [5.74, 6) is -0.0218. The van der Waals surface area contributed by atoms with E-state index in [2.05, 4.69) is 0 Å². The Labute approximate surface area is 196 Å². The highest BCUT2D eigenvalue weighted by molar-refractivity contribution is 7.85. The molecule has 0 saturated carbocycles. The van der Waals surface area contributed by atoms with Gasteiger partial charge < -0.3 is 18.8 Å². The summed E-state index contributed by atoms with van der Waals surface area (Å²) in [5.41, 5.74) is 2.02. The highest BCUT2D eigenvalue weighted by atomic mass is 35.5. The monoisotopic (exact) mass is 495 g/mol. The first-order valence-corrected chi connectivity index (χ1v) is 12.2. The molecular formula is C23H23ClFNO6S. The zero-order chi connectivity index (χ0) is 23.8. The lowest BCUT2D eigenvalue weighted by molar-refractivity contribution is 0.000816. The van der Waals surface area contributed by atoms with Gasteiger partial charge in [-0.25, -0.2) is 4.39 Å². The van der Waals surface area contributed by atoms with Crippen molar-refractivity contribution in [2.75, 3.05) is 20.0 Å². The van der Waals surface area contributed by atoms with E-state index >= 15 is 4.39 Å². The zero-order valence-electron chi connectivity index (χ0n) is 18.0. The second kappa shape index (κ2) is 9.34. The van der Waals surface area contributed by atoms with Crippen molar-refractivity contribution < 1.29 is 31.6 Å². The summed E-state index contributed by atoms with van der Waals surface area (Å²) < 4.78 is 66.2. The topological polar surface area (TPSA) is 87.0 Å². The largest absolute Gasteiger partial charge is 0.493 e. The van der Waals surface area contributed by atoms with Gasteiger partial charge in [0, 0.05) is 22.3 Å². The number of para-hydroxylation sites is 1. The second-order valence-electron chi connectivity index (χ2n) is 7.64. The summed E-state index contributed by atoms with van der Waals surface area (Å²) in [5, 5.41) is 0.209. The van der Waals surface area contributed by atoms with Crippen LogP contribution in [0.3, 0.4) is 0 Å². The van der Waals surface area contributed by atoms with Gasteiger partial charge in [-0.3, -0.25) is 4.55 Å². The number of hydrogen-bond donors (Lipinski definition) is 1. The average molecular weight is 496 g/mol. The van der Waals surface area contributed by atoms with E-state index in [-0.39, 0.29) is 23.6 Å². The maximum Gasteiger partial charge on any atom is 0.264 e. The number of hydrogen-bond acceptors (Lipinski definition) is 5. The van der Waals surface area contributed by atoms with Crippen LogP contribution in [0, 0.1) is 5.82 Å². The minimum absolute atomic E-state index is 0.149. The number of methoxy groups -OCH3 is 2. The molecule has 10 heteroatoms. The average Bonchev–Trinajstić information content (AvgIpc) is 3.18. The van der Waals surface area contributed by atoms with Crippen LogP contribution in [0.5, 0.6) is 11.5 Å². The minimum atomic E-state index is -4.13. The maximum atomic E-state index is 15.3. The van der Waals surface area contributed by atoms with Crippen molar-refractivity contribution in [2.45, 2.75) is 25.0 Å². The fourth-order valence-electron chi connectivity index (χ4n) is 4.23. The van der Waals surface area contributed by atoms with E-state index in [1.165, 1.54) is 20.3 Å². The van der Waals surface area contributed by atoms with Crippen molar-refractivity contribution in [3.63, 3.8) is 0 Å². The molecule has 0 aliphatic carbocycles. The van der Waals surface area contributed by atoms with Gasteiger partial charge in [0.25, 0.3) is 10.1 Å². The molecule has 1 aliphatic heterocycles. The van der Waals surface area contributed by atoms with E-state index in [0.717, 1.165) is 0 Å². The lowest BCUT2D eigenvalue weighted by Gasteiger charge is -2.25. The number of halogens is 2. The first-order valence-electron chi connectivity index (χ1n) is 10.2. The van der Waals surface area contributed by atoms with E-state index in [1.54, 1.807) is 47.2 Å². The first kappa shape index (κ1) is 23.6. The van der Waals surface area contributed by atoms with Crippen LogP contribution in [0.1, 0.15) is 41.9 Å². The van der Waals surface area contributed by atoms with Crippen LogP contribution < -0.4 is 9.47 Å². The highest BCUT2D eigenvalue weighted by Crippen LogP contribution is 2.47. The normalized spacial score (nSPS) is 17.7. The summed E-state index contributed by atoms with van der Waals surface area (Å²) >= 11 is 6.24. The number of rotatable bonds is 7. The number of fused-ring (bicyclic) bond motifs is 3. The van der Waals surface area contributed by atoms with Gasteiger partial charge in [0.2, 0.25) is 0 Å². The third kappa shape index (κ3) is 4.72. The fraction of sp³-hybridized carbons (Fsp3) is 0.304. The number of aromatic nitrogens is 1. The van der Waals surface area contributed by atoms with Crippen LogP contribution in [0.15, 0.2) is 48.7 Å². The Morgan fingerprint density at radius 3 is 2.64 bits per heavy atom. The smallest absolute Gasteiger partial charge is 0.264 e. The van der Waals surface area contributed by atoms with Crippen LogP contribution in [0.4, 0.5) is 4.39 Å². The third-order valence-corrected chi connectivity index (χ3v) is 6.60. The molecule has 0 bridgehead atoms. The molecule has 1 aliphatic rings. The lowest BCUT2D eigenvalue weighted by atomic mass is 9.98. The van der Waals surface area contributed by atoms with Gasteiger partial charge >= 0.3 is 0 Å². The molecular weight excluding hydrogens is 473 g/mol. The van der Waals surface area contributed by atoms with Crippen molar-refractivity contribution in [3.05, 3.63) is 76.3 Å². The SMILES string of the molecule is COc1cccc([C@H]2O[C@H](CCCS(=O)(=O)O)c3cccn3-c3c(F)cc(Cl)cc32)c1OC. The Bertz CT molecular complexity index is 1280. The molecule has 0 unspecified atom stereocenters. The molecule has 2 atom stereocenters. The van der Waals surface area contributed by atoms with Crippen molar-refractivity contribution in [3.8, 4) is 17.2 Å². The molecule has 1 N–H and O–H groups in total. The van der Waals surface area contributed by atoms with Crippen LogP contribution >= 0.6 is 11.6 Å². The Morgan fingerprint density at radius 2 is 1.94 bits per heavy atom. The first-order chi connectivity index (χ1) is 15.7. The Balaban J connectivity index is 1.89. The number of nitrogens with zero attached hydrogens (tertiary/aromatic N) is 1. The Morgan fingerprint density at radius 1 is 1.15 bits per heavy atom. The molecule has 2 heterocycles. The molecule has 7 nitrogen and oxygen atoms in total. The van der Waals surface area contributed by atoms with Crippen molar-refractivity contribution in [2.24, 2.45) is 0 Å². The molecule has 0 fully saturated rings. The van der Waals surface area contributed by atoms with Crippen molar-refractivity contribution >= 4 is 21.7 Å². The Hall–Kier alpha value is -2.59. The number of benzene rings is 2. The molecule has 1 aromatic heterocycles. The molecule has 0 spiro atoms. The van der Waals surface area contributed by atoms with Gasteiger partial charge in [0.05, 0.1) is 37.5 Å². The van der Waals surface area contributed by atoms with Gasteiger partial charge in [-0.2, -0.15) is 8.42 Å². The summed E-state index contributed by atoms with van der Waals surface area (Å²) in [6, 6.07) is 11.8. The zero-order valence-corrected chi connectivity index (χ0v) is 19.6. The molecule has 3 aromatic rings. The van der Waals surface area contributed by atoms with E-state index in [1.807, 2.05) is 0 Å². The van der Waals surface area contributed by atoms with Gasteiger partial charge in [-0.15, -0.1) is 0 Å². The van der Waals surface area contributed by atoms with Crippen LogP contribution in [-0.4, -0.2) is 37.5 Å². The standard InChI is InChI=1S/C23H23ClFNO6S/c1-30-20-8-3-6-15(23(20)31-2)22-16-12-14(24)13-17(25)21(16)26-10-4-7-18(26)19(32-22)9-5-11-33(27,28)29/h3-4,6-8,10,12-13,19,22H,5,9,11H2,1-2H3,(H,27,28,29)/t19-,22-/m1/s1. The van der Waals surface area contributed by atoms with E-state index in [0.29, 0.717) is 28.3 Å². The third-order valence-electron chi connectivity index (χ3n) is 5.58. The molecule has 33 heavy (non-hydrogen) atoms. The van der Waals surface area contributed by atoms with Crippen LogP contribution in [0.2, 0.25) is 5.02 Å². The predicted octanol–water partition coefficient (Wildman–Crippen LogP) is 5.12. The van der Waals surface area contributed by atoms with E-state index in [4.69, 9.17) is 30.4 Å². The van der Waals surface area contributed by atoms with Gasteiger partial charge in [0.15, 0.2) is 11.5 Å². The molecule has 0 saturated heterocycles. The van der Waals surface area contributed by atoms with Crippen LogP contribution in [-0.2, 0) is 14.9 Å². The van der Waals surface area contributed by atoms with Gasteiger partial charge in [-0.05, 0) is 43.2 Å². The van der Waals surface area contributed by atoms with Crippen LogP contribution in [0.25, 0.3) is 5.69 Å². The van der Waals surface area contributed by atoms with E-state index < -0.39 is 33.9 Å². The quantitative estimate of drug-likeness (QED) is 0.458. The van der Waals surface area contributed by atoms with Gasteiger partial charge in [0.1, 0.15) is 11.9 Å². The van der Waals surface area contributed by atoms with Crippen molar-refractivity contribution in [1.82, 2.24) is 4.57 Å². The highest BCUT2D eigenvalue weighted by Gasteiger charge is 2.34. The Kier molecular flexibility index (Phi) is 6.67. The summed E-state index contributed by atoms with van der Waals surface area (Å²) in [6.45, 7) is 0. The minimum Gasteiger partial charge on any atom is -0.493 e. The van der Waals surface area contributed by atoms with Crippen molar-refractivity contribution in [1.29, 1.82) is 0 Å². The molecule has 176 valence electrons. The van der Waals surface area contributed by atoms with E-state index in [9.17, 15) is 8.42 Å². The summed E-state index contributed by atoms with van der Waals surface area (Å²) in [7, 11) is -1.10. The maximum absolute atomic E-state index is 15.3. The summed E-state index contributed by atoms with van der Waals surface area (Å²) in [4.78, 5) is 0. The lowest BCUT2D eigenvalue weighted by Crippen LogP contribution is -2.13. The van der Waals surface area contributed by atoms with Gasteiger partial charge in [-0.1, -0.05) is 23.7 Å². The molecule has 4 rings (SSSR count). The summed E-state index contributed by atoms with van der Waals surface area (Å²) in [6.07, 6.45) is 0.740. The molecule has 0 amide bonds. The molecule has 2 aromatic carbocycles.